The third-order valence-electron chi connectivity index (χ3n) is 4.82. The van der Waals surface area contributed by atoms with Gasteiger partial charge in [0.05, 0.1) is 12.1 Å². The van der Waals surface area contributed by atoms with E-state index in [9.17, 15) is 9.59 Å². The predicted octanol–water partition coefficient (Wildman–Crippen LogP) is 3.33. The number of carboxylic acid groups (broad SMARTS) is 1. The molecule has 31 heavy (non-hydrogen) atoms. The van der Waals surface area contributed by atoms with Gasteiger partial charge >= 0.3 is 6.09 Å². The molecule has 2 aromatic heterocycles. The van der Waals surface area contributed by atoms with Crippen LogP contribution in [0.2, 0.25) is 5.02 Å². The second kappa shape index (κ2) is 8.60. The van der Waals surface area contributed by atoms with E-state index in [2.05, 4.69) is 25.8 Å². The number of hydrogen-bond acceptors (Lipinski definition) is 7. The maximum atomic E-state index is 12.3. The van der Waals surface area contributed by atoms with Gasteiger partial charge in [-0.1, -0.05) is 16.8 Å². The second-order valence-electron chi connectivity index (χ2n) is 7.08. The zero-order chi connectivity index (χ0) is 22.0. The zero-order valence-corrected chi connectivity index (χ0v) is 17.2. The Morgan fingerprint density at radius 1 is 1.32 bits per heavy atom. The quantitative estimate of drug-likeness (QED) is 0.529. The van der Waals surface area contributed by atoms with Crippen LogP contribution < -0.4 is 15.5 Å². The van der Waals surface area contributed by atoms with E-state index in [4.69, 9.17) is 21.2 Å². The van der Waals surface area contributed by atoms with Gasteiger partial charge in [-0.05, 0) is 37.3 Å². The molecule has 11 heteroatoms. The number of benzene rings is 1. The Kier molecular flexibility index (Phi) is 5.72. The zero-order valence-electron chi connectivity index (χ0n) is 16.4. The Hall–Kier alpha value is -3.66. The number of carbonyl (C=O) groups excluding carboxylic acids is 1. The Bertz CT molecular complexity index is 1100. The molecule has 0 saturated carbocycles. The molecule has 3 aromatic rings. The average Bonchev–Trinajstić information content (AvgIpc) is 3.35. The number of nitrogens with zero attached hydrogens (tertiary/aromatic N) is 4. The highest BCUT2D eigenvalue weighted by Crippen LogP contribution is 2.26. The van der Waals surface area contributed by atoms with Crippen molar-refractivity contribution in [2.45, 2.75) is 25.4 Å². The highest BCUT2D eigenvalue weighted by Gasteiger charge is 2.32. The van der Waals surface area contributed by atoms with Crippen molar-refractivity contribution in [2.75, 3.05) is 16.8 Å². The molecule has 160 valence electrons. The number of hydrogen-bond donors (Lipinski definition) is 3. The molecule has 1 fully saturated rings. The minimum Gasteiger partial charge on any atom is -0.465 e. The SMILES string of the molecule is C[C@H](Nc1nccc(N2CC(NC(=O)O)CC2=O)n1)c1cc(-c2ccc(Cl)cc2)on1. The van der Waals surface area contributed by atoms with Crippen molar-refractivity contribution >= 4 is 35.4 Å². The van der Waals surface area contributed by atoms with Crippen LogP contribution in [0.1, 0.15) is 25.1 Å². The first-order valence-corrected chi connectivity index (χ1v) is 9.89. The van der Waals surface area contributed by atoms with Gasteiger partial charge in [-0.3, -0.25) is 9.69 Å². The van der Waals surface area contributed by atoms with Crippen LogP contribution in [0.5, 0.6) is 0 Å². The molecule has 0 bridgehead atoms. The molecule has 0 aliphatic carbocycles. The van der Waals surface area contributed by atoms with Gasteiger partial charge in [-0.2, -0.15) is 4.98 Å². The summed E-state index contributed by atoms with van der Waals surface area (Å²) in [4.78, 5) is 33.1. The van der Waals surface area contributed by atoms with Gasteiger partial charge in [0.2, 0.25) is 11.9 Å². The van der Waals surface area contributed by atoms with Gasteiger partial charge in [-0.25, -0.2) is 9.78 Å². The molecular weight excluding hydrogens is 424 g/mol. The molecule has 1 unspecified atom stereocenters. The number of carbonyl (C=O) groups is 2. The summed E-state index contributed by atoms with van der Waals surface area (Å²) in [6.45, 7) is 2.10. The normalized spacial score (nSPS) is 16.9. The minimum absolute atomic E-state index is 0.0852. The Morgan fingerprint density at radius 3 is 2.84 bits per heavy atom. The van der Waals surface area contributed by atoms with E-state index >= 15 is 0 Å². The summed E-state index contributed by atoms with van der Waals surface area (Å²) in [6, 6.07) is 9.91. The molecule has 1 aliphatic heterocycles. The Labute approximate surface area is 182 Å². The summed E-state index contributed by atoms with van der Waals surface area (Å²) in [7, 11) is 0. The Balaban J connectivity index is 1.45. The lowest BCUT2D eigenvalue weighted by Crippen LogP contribution is -2.36. The lowest BCUT2D eigenvalue weighted by atomic mass is 10.1. The number of rotatable bonds is 6. The van der Waals surface area contributed by atoms with Crippen LogP contribution >= 0.6 is 11.6 Å². The molecular formula is C20H19ClN6O4. The third-order valence-corrected chi connectivity index (χ3v) is 5.07. The minimum atomic E-state index is -1.16. The molecule has 1 aliphatic rings. The molecule has 3 N–H and O–H groups in total. The summed E-state index contributed by atoms with van der Waals surface area (Å²) in [6.07, 6.45) is 0.455. The fourth-order valence-electron chi connectivity index (χ4n) is 3.28. The van der Waals surface area contributed by atoms with Gasteiger partial charge in [0.15, 0.2) is 5.76 Å². The van der Waals surface area contributed by atoms with Crippen LogP contribution in [0, 0.1) is 0 Å². The molecule has 2 atom stereocenters. The average molecular weight is 443 g/mol. The standard InChI is InChI=1S/C20H19ClN6O4/c1-11(15-9-16(31-26-15)12-2-4-13(21)5-3-12)23-19-22-7-6-17(25-19)27-10-14(8-18(27)28)24-20(29)30/h2-7,9,11,14,24H,8,10H2,1H3,(H,29,30)(H,22,23,25)/t11-,14?/m0/s1. The fraction of sp³-hybridized carbons (Fsp3) is 0.250. The van der Waals surface area contributed by atoms with Crippen molar-refractivity contribution in [2.24, 2.45) is 0 Å². The van der Waals surface area contributed by atoms with Gasteiger partial charge in [0, 0.05) is 35.8 Å². The van der Waals surface area contributed by atoms with Crippen molar-refractivity contribution in [1.29, 1.82) is 0 Å². The van der Waals surface area contributed by atoms with Gasteiger partial charge in [0.25, 0.3) is 0 Å². The number of amides is 2. The van der Waals surface area contributed by atoms with Gasteiger partial charge in [0.1, 0.15) is 11.5 Å². The van der Waals surface area contributed by atoms with Gasteiger partial charge < -0.3 is 20.3 Å². The first-order chi connectivity index (χ1) is 14.9. The molecule has 2 amide bonds. The third kappa shape index (κ3) is 4.75. The van der Waals surface area contributed by atoms with Crippen LogP contribution in [0.3, 0.4) is 0 Å². The first-order valence-electron chi connectivity index (χ1n) is 9.51. The van der Waals surface area contributed by atoms with E-state index in [0.29, 0.717) is 28.2 Å². The smallest absolute Gasteiger partial charge is 0.404 e. The summed E-state index contributed by atoms with van der Waals surface area (Å²) in [5, 5.41) is 19.1. The summed E-state index contributed by atoms with van der Waals surface area (Å²) < 4.78 is 5.43. The van der Waals surface area contributed by atoms with Crippen molar-refractivity contribution in [3.05, 3.63) is 53.3 Å². The summed E-state index contributed by atoms with van der Waals surface area (Å²) in [5.41, 5.74) is 1.51. The van der Waals surface area contributed by atoms with E-state index < -0.39 is 12.1 Å². The molecule has 1 aromatic carbocycles. The Morgan fingerprint density at radius 2 is 2.10 bits per heavy atom. The summed E-state index contributed by atoms with van der Waals surface area (Å²) in [5.74, 6) is 1.10. The van der Waals surface area contributed by atoms with Crippen molar-refractivity contribution in [1.82, 2.24) is 20.4 Å². The fourth-order valence-corrected chi connectivity index (χ4v) is 3.41. The van der Waals surface area contributed by atoms with Crippen LogP contribution in [-0.2, 0) is 4.79 Å². The topological polar surface area (TPSA) is 133 Å². The second-order valence-corrected chi connectivity index (χ2v) is 7.52. The molecule has 4 rings (SSSR count). The van der Waals surface area contributed by atoms with Crippen molar-refractivity contribution < 1.29 is 19.2 Å². The van der Waals surface area contributed by atoms with E-state index in [1.54, 1.807) is 18.2 Å². The molecule has 10 nitrogen and oxygen atoms in total. The lowest BCUT2D eigenvalue weighted by molar-refractivity contribution is -0.117. The van der Waals surface area contributed by atoms with Crippen LogP contribution in [0.25, 0.3) is 11.3 Å². The van der Waals surface area contributed by atoms with E-state index in [1.165, 1.54) is 11.1 Å². The van der Waals surface area contributed by atoms with Crippen LogP contribution in [0.15, 0.2) is 47.1 Å². The molecule has 0 radical (unpaired) electrons. The van der Waals surface area contributed by atoms with Crippen LogP contribution in [-0.4, -0.2) is 44.8 Å². The highest BCUT2D eigenvalue weighted by molar-refractivity contribution is 6.30. The highest BCUT2D eigenvalue weighted by atomic mass is 35.5. The first kappa shape index (κ1) is 20.6. The number of halogens is 1. The molecule has 1 saturated heterocycles. The number of aromatic nitrogens is 3. The van der Waals surface area contributed by atoms with Crippen LogP contribution in [0.4, 0.5) is 16.6 Å². The van der Waals surface area contributed by atoms with E-state index in [-0.39, 0.29) is 24.9 Å². The predicted molar refractivity (Wildman–Crippen MR) is 113 cm³/mol. The van der Waals surface area contributed by atoms with Crippen molar-refractivity contribution in [3.63, 3.8) is 0 Å². The molecule has 0 spiro atoms. The number of nitrogens with one attached hydrogen (secondary N) is 2. The maximum Gasteiger partial charge on any atom is 0.404 e. The number of anilines is 2. The van der Waals surface area contributed by atoms with Crippen molar-refractivity contribution in [3.8, 4) is 11.3 Å². The monoisotopic (exact) mass is 442 g/mol. The summed E-state index contributed by atoms with van der Waals surface area (Å²) >= 11 is 5.92. The maximum absolute atomic E-state index is 12.3. The van der Waals surface area contributed by atoms with E-state index in [1.807, 2.05) is 25.1 Å². The van der Waals surface area contributed by atoms with E-state index in [0.717, 1.165) is 5.56 Å². The largest absolute Gasteiger partial charge is 0.465 e. The lowest BCUT2D eigenvalue weighted by Gasteiger charge is -2.17. The van der Waals surface area contributed by atoms with Gasteiger partial charge in [-0.15, -0.1) is 0 Å². The molecule has 3 heterocycles.